The minimum atomic E-state index is -4.56. The van der Waals surface area contributed by atoms with E-state index in [4.69, 9.17) is 14.6 Å². The topological polar surface area (TPSA) is 160 Å². The molecule has 1 amide bonds. The first-order valence-electron chi connectivity index (χ1n) is 11.7. The van der Waals surface area contributed by atoms with Crippen LogP contribution in [-0.2, 0) is 14.8 Å². The number of carbonyl (C=O) groups excluding carboxylic acids is 2. The van der Waals surface area contributed by atoms with E-state index < -0.39 is 26.5 Å². The zero-order chi connectivity index (χ0) is 26.9. The van der Waals surface area contributed by atoms with Crippen LogP contribution < -0.4 is 9.88 Å². The quantitative estimate of drug-likeness (QED) is 0.449. The van der Waals surface area contributed by atoms with E-state index in [1.165, 1.54) is 31.6 Å². The maximum Gasteiger partial charge on any atom is 0.410 e. The zero-order valence-corrected chi connectivity index (χ0v) is 21.4. The Hall–Kier alpha value is -3.65. The van der Waals surface area contributed by atoms with Gasteiger partial charge in [-0.05, 0) is 26.0 Å². The van der Waals surface area contributed by atoms with Crippen molar-refractivity contribution in [3.05, 3.63) is 36.0 Å². The number of nitrogens with two attached hydrogens (primary N) is 1. The van der Waals surface area contributed by atoms with Gasteiger partial charge in [0.2, 0.25) is 15.9 Å². The molecule has 0 spiro atoms. The number of primary sulfonamides is 1. The molecule has 14 heteroatoms. The van der Waals surface area contributed by atoms with Crippen molar-refractivity contribution in [2.45, 2.75) is 57.1 Å². The third-order valence-electron chi connectivity index (χ3n) is 5.86. The standard InChI is InChI=1S/C23H27FN6O6S/c1-4-18(31)15-5-6-17(19(24)20(15)37(25,33)34)30-21-16(11-28-30)22(27-12-26-21)36-14-7-9-29(10-8-14)23(32)35-13(2)3/h5-6,11-14H,4,7-10H2,1-3H3,(H2,25,33,34). The molecule has 0 saturated carbocycles. The Kier molecular flexibility index (Phi) is 7.41. The van der Waals surface area contributed by atoms with Gasteiger partial charge in [0.1, 0.15) is 28.4 Å². The summed E-state index contributed by atoms with van der Waals surface area (Å²) >= 11 is 0. The van der Waals surface area contributed by atoms with Gasteiger partial charge in [-0.1, -0.05) is 6.92 Å². The van der Waals surface area contributed by atoms with Crippen LogP contribution in [-0.4, -0.2) is 70.2 Å². The van der Waals surface area contributed by atoms with Crippen LogP contribution in [0.3, 0.4) is 0 Å². The average Bonchev–Trinajstić information content (AvgIpc) is 3.27. The Bertz CT molecular complexity index is 1450. The molecule has 3 aromatic rings. The number of likely N-dealkylation sites (tertiary alicyclic amines) is 1. The molecule has 0 bridgehead atoms. The molecule has 0 aliphatic carbocycles. The largest absolute Gasteiger partial charge is 0.474 e. The normalized spacial score (nSPS) is 14.8. The van der Waals surface area contributed by atoms with Crippen LogP contribution in [0.25, 0.3) is 16.7 Å². The van der Waals surface area contributed by atoms with E-state index in [1.54, 1.807) is 18.7 Å². The third kappa shape index (κ3) is 5.39. The van der Waals surface area contributed by atoms with Gasteiger partial charge in [-0.3, -0.25) is 4.79 Å². The van der Waals surface area contributed by atoms with E-state index in [0.717, 1.165) is 4.68 Å². The van der Waals surface area contributed by atoms with E-state index >= 15 is 4.39 Å². The molecule has 12 nitrogen and oxygen atoms in total. The van der Waals surface area contributed by atoms with Crippen LogP contribution in [0.5, 0.6) is 5.88 Å². The Balaban J connectivity index is 1.62. The number of rotatable bonds is 7. The lowest BCUT2D eigenvalue weighted by molar-refractivity contribution is 0.0510. The highest BCUT2D eigenvalue weighted by Gasteiger charge is 2.29. The number of amides is 1. The second-order valence-electron chi connectivity index (χ2n) is 8.81. The van der Waals surface area contributed by atoms with Crippen molar-refractivity contribution >= 4 is 32.9 Å². The van der Waals surface area contributed by atoms with Crippen LogP contribution in [0.2, 0.25) is 0 Å². The summed E-state index contributed by atoms with van der Waals surface area (Å²) in [5, 5.41) is 9.77. The molecule has 1 aromatic carbocycles. The van der Waals surface area contributed by atoms with Gasteiger partial charge in [0.25, 0.3) is 0 Å². The van der Waals surface area contributed by atoms with Crippen LogP contribution >= 0.6 is 0 Å². The first-order valence-corrected chi connectivity index (χ1v) is 13.3. The number of halogens is 1. The predicted octanol–water partition coefficient (Wildman–Crippen LogP) is 2.58. The summed E-state index contributed by atoms with van der Waals surface area (Å²) in [6.07, 6.45) is 2.85. The van der Waals surface area contributed by atoms with Gasteiger partial charge in [-0.2, -0.15) is 5.10 Å². The Morgan fingerprint density at radius 3 is 2.54 bits per heavy atom. The van der Waals surface area contributed by atoms with Crippen LogP contribution in [0, 0.1) is 5.82 Å². The molecular weight excluding hydrogens is 507 g/mol. The summed E-state index contributed by atoms with van der Waals surface area (Å²) in [6, 6.07) is 2.45. The van der Waals surface area contributed by atoms with Gasteiger partial charge in [-0.15, -0.1) is 0 Å². The molecule has 2 N–H and O–H groups in total. The SMILES string of the molecule is CCC(=O)c1ccc(-n2ncc3c(OC4CCN(C(=O)OC(C)C)CC4)ncnc32)c(F)c1S(N)(=O)=O. The van der Waals surface area contributed by atoms with E-state index in [0.29, 0.717) is 31.3 Å². The molecule has 0 unspecified atom stereocenters. The second kappa shape index (κ2) is 10.4. The number of nitrogens with zero attached hydrogens (tertiary/aromatic N) is 5. The van der Waals surface area contributed by atoms with Crippen molar-refractivity contribution in [1.29, 1.82) is 0 Å². The van der Waals surface area contributed by atoms with Gasteiger partial charge < -0.3 is 14.4 Å². The number of benzene rings is 1. The molecule has 0 atom stereocenters. The number of piperidine rings is 1. The highest BCUT2D eigenvalue weighted by atomic mass is 32.2. The van der Waals surface area contributed by atoms with Crippen molar-refractivity contribution in [2.24, 2.45) is 5.14 Å². The van der Waals surface area contributed by atoms with Gasteiger partial charge in [0.05, 0.1) is 12.3 Å². The lowest BCUT2D eigenvalue weighted by Gasteiger charge is -2.31. The third-order valence-corrected chi connectivity index (χ3v) is 6.82. The van der Waals surface area contributed by atoms with Crippen molar-refractivity contribution in [3.8, 4) is 11.6 Å². The zero-order valence-electron chi connectivity index (χ0n) is 20.5. The molecule has 2 aromatic heterocycles. The Morgan fingerprint density at radius 1 is 1.22 bits per heavy atom. The van der Waals surface area contributed by atoms with Crippen molar-refractivity contribution in [3.63, 3.8) is 0 Å². The first-order chi connectivity index (χ1) is 17.5. The number of fused-ring (bicyclic) bond motifs is 1. The fourth-order valence-corrected chi connectivity index (χ4v) is 4.92. The molecular formula is C23H27FN6O6S. The predicted molar refractivity (Wildman–Crippen MR) is 129 cm³/mol. The summed E-state index contributed by atoms with van der Waals surface area (Å²) < 4.78 is 52.2. The molecule has 1 fully saturated rings. The fourth-order valence-electron chi connectivity index (χ4n) is 4.08. The van der Waals surface area contributed by atoms with Gasteiger partial charge in [-0.25, -0.2) is 37.4 Å². The maximum atomic E-state index is 15.5. The number of carbonyl (C=O) groups is 2. The minimum Gasteiger partial charge on any atom is -0.474 e. The van der Waals surface area contributed by atoms with E-state index in [-0.39, 0.29) is 47.5 Å². The molecule has 4 rings (SSSR count). The van der Waals surface area contributed by atoms with Crippen LogP contribution in [0.1, 0.15) is 50.4 Å². The summed E-state index contributed by atoms with van der Waals surface area (Å²) in [5.74, 6) is -1.57. The monoisotopic (exact) mass is 534 g/mol. The molecule has 37 heavy (non-hydrogen) atoms. The van der Waals surface area contributed by atoms with Gasteiger partial charge in [0, 0.05) is 37.9 Å². The second-order valence-corrected chi connectivity index (χ2v) is 10.3. The Morgan fingerprint density at radius 2 is 1.92 bits per heavy atom. The Labute approximate surface area is 212 Å². The molecule has 1 aliphatic rings. The summed E-state index contributed by atoms with van der Waals surface area (Å²) in [7, 11) is -4.56. The summed E-state index contributed by atoms with van der Waals surface area (Å²) in [4.78, 5) is 33.4. The smallest absolute Gasteiger partial charge is 0.410 e. The number of aromatic nitrogens is 4. The van der Waals surface area contributed by atoms with Crippen LogP contribution in [0.4, 0.5) is 9.18 Å². The van der Waals surface area contributed by atoms with Crippen molar-refractivity contribution in [1.82, 2.24) is 24.6 Å². The van der Waals surface area contributed by atoms with Crippen LogP contribution in [0.15, 0.2) is 29.6 Å². The number of hydrogen-bond donors (Lipinski definition) is 1. The number of hydrogen-bond acceptors (Lipinski definition) is 9. The highest BCUT2D eigenvalue weighted by molar-refractivity contribution is 7.89. The summed E-state index contributed by atoms with van der Waals surface area (Å²) in [5.41, 5.74) is -0.421. The molecule has 3 heterocycles. The maximum absolute atomic E-state index is 15.5. The minimum absolute atomic E-state index is 0.0300. The molecule has 198 valence electrons. The van der Waals surface area contributed by atoms with E-state index in [9.17, 15) is 18.0 Å². The van der Waals surface area contributed by atoms with Crippen molar-refractivity contribution < 1.29 is 31.9 Å². The van der Waals surface area contributed by atoms with Gasteiger partial charge >= 0.3 is 6.09 Å². The number of ether oxygens (including phenoxy) is 2. The summed E-state index contributed by atoms with van der Waals surface area (Å²) in [6.45, 7) is 6.01. The lowest BCUT2D eigenvalue weighted by atomic mass is 10.1. The number of ketones is 1. The van der Waals surface area contributed by atoms with E-state index in [1.807, 2.05) is 0 Å². The number of Topliss-reactive ketones (excluding diaryl/α,β-unsaturated/α-hetero) is 1. The first kappa shape index (κ1) is 26.4. The fraction of sp³-hybridized carbons (Fsp3) is 0.435. The van der Waals surface area contributed by atoms with E-state index in [2.05, 4.69) is 15.1 Å². The molecule has 0 radical (unpaired) electrons. The highest BCUT2D eigenvalue weighted by Crippen LogP contribution is 2.30. The average molecular weight is 535 g/mol. The number of sulfonamides is 1. The molecule has 1 aliphatic heterocycles. The van der Waals surface area contributed by atoms with Crippen molar-refractivity contribution in [2.75, 3.05) is 13.1 Å². The molecule has 1 saturated heterocycles. The lowest BCUT2D eigenvalue weighted by Crippen LogP contribution is -2.42. The van der Waals surface area contributed by atoms with Gasteiger partial charge in [0.15, 0.2) is 17.2 Å².